The topological polar surface area (TPSA) is 124 Å². The van der Waals surface area contributed by atoms with Crippen molar-refractivity contribution >= 4 is 17.8 Å². The van der Waals surface area contributed by atoms with Crippen LogP contribution in [0.25, 0.3) is 0 Å². The first-order chi connectivity index (χ1) is 20.0. The molecule has 2 amide bonds. The van der Waals surface area contributed by atoms with Gasteiger partial charge in [0, 0.05) is 25.6 Å². The Bertz CT molecular complexity index is 1400. The van der Waals surface area contributed by atoms with Gasteiger partial charge < -0.3 is 14.9 Å². The number of halogens is 7. The molecule has 9 nitrogen and oxygen atoms in total. The lowest BCUT2D eigenvalue weighted by Gasteiger charge is -2.40. The Morgan fingerprint density at radius 3 is 2.21 bits per heavy atom. The van der Waals surface area contributed by atoms with E-state index in [4.69, 9.17) is 9.90 Å². The van der Waals surface area contributed by atoms with Crippen molar-refractivity contribution in [1.82, 2.24) is 20.0 Å². The molecule has 1 aliphatic heterocycles. The molecule has 2 heterocycles. The highest BCUT2D eigenvalue weighted by Gasteiger charge is 2.39. The maximum Gasteiger partial charge on any atom is 0.490 e. The minimum Gasteiger partial charge on any atom is -0.475 e. The van der Waals surface area contributed by atoms with E-state index in [1.54, 1.807) is 0 Å². The number of hydrogen-bond donors (Lipinski definition) is 2. The molecular weight excluding hydrogens is 593 g/mol. The van der Waals surface area contributed by atoms with E-state index in [-0.39, 0.29) is 54.7 Å². The Labute approximate surface area is 240 Å². The van der Waals surface area contributed by atoms with Gasteiger partial charge in [0.15, 0.2) is 0 Å². The number of alkyl halides is 6. The van der Waals surface area contributed by atoms with Gasteiger partial charge in [-0.15, -0.1) is 0 Å². The molecule has 0 spiro atoms. The van der Waals surface area contributed by atoms with Crippen LogP contribution in [0, 0.1) is 5.82 Å². The number of carbonyl (C=O) groups is 3. The molecule has 0 bridgehead atoms. The average molecular weight is 623 g/mol. The van der Waals surface area contributed by atoms with Crippen molar-refractivity contribution in [2.45, 2.75) is 70.3 Å². The van der Waals surface area contributed by atoms with E-state index >= 15 is 0 Å². The summed E-state index contributed by atoms with van der Waals surface area (Å²) in [6.45, 7) is 2.01. The molecule has 2 aliphatic rings. The van der Waals surface area contributed by atoms with Gasteiger partial charge in [-0.05, 0) is 42.5 Å². The number of carboxylic acid groups (broad SMARTS) is 1. The number of nitrogens with one attached hydrogen (secondary N) is 1. The molecule has 1 saturated carbocycles. The van der Waals surface area contributed by atoms with Gasteiger partial charge >= 0.3 is 18.3 Å². The van der Waals surface area contributed by atoms with Crippen LogP contribution < -0.4 is 5.56 Å². The van der Waals surface area contributed by atoms with Crippen molar-refractivity contribution in [2.24, 2.45) is 0 Å². The summed E-state index contributed by atoms with van der Waals surface area (Å²) in [6.07, 6.45) is -4.96. The van der Waals surface area contributed by atoms with Gasteiger partial charge in [-0.1, -0.05) is 32.3 Å². The number of aliphatic carboxylic acids is 1. The third kappa shape index (κ3) is 8.32. The molecule has 0 radical (unpaired) electrons. The molecule has 43 heavy (non-hydrogen) atoms. The standard InChI is InChI=1S/C25H28F4N4O3.C2HF3O2/c1-2-17-20(30-31-23(35)22(17)25(27,28)29)13-15-8-9-19(26)18(12-15)24(36)32-10-11-33(21(34)14-32)16-6-4-3-5-7-16;3-2(4,5)1(6)7/h8-9,12,16H,2-7,10-11,13-14H2,1H3,(H,31,35);(H,6,7). The zero-order valence-electron chi connectivity index (χ0n) is 22.9. The number of carboxylic acids is 1. The second-order valence-corrected chi connectivity index (χ2v) is 10.1. The second-order valence-electron chi connectivity index (χ2n) is 10.1. The summed E-state index contributed by atoms with van der Waals surface area (Å²) < 4.78 is 86.7. The van der Waals surface area contributed by atoms with Crippen LogP contribution >= 0.6 is 0 Å². The fourth-order valence-electron chi connectivity index (χ4n) is 5.20. The molecule has 236 valence electrons. The number of hydrogen-bond acceptors (Lipinski definition) is 5. The first-order valence-corrected chi connectivity index (χ1v) is 13.4. The van der Waals surface area contributed by atoms with Crippen LogP contribution in [-0.4, -0.2) is 74.7 Å². The predicted octanol–water partition coefficient (Wildman–Crippen LogP) is 4.33. The van der Waals surface area contributed by atoms with E-state index in [9.17, 15) is 45.1 Å². The van der Waals surface area contributed by atoms with Crippen LogP contribution in [0.15, 0.2) is 23.0 Å². The number of rotatable bonds is 5. The molecule has 0 unspecified atom stereocenters. The number of piperazine rings is 1. The number of aromatic nitrogens is 2. The SMILES string of the molecule is CCc1c(Cc2ccc(F)c(C(=O)N3CCN(C4CCCCC4)C(=O)C3)c2)n[nH]c(=O)c1C(F)(F)F.O=C(O)C(F)(F)F. The Kier molecular flexibility index (Phi) is 10.6. The van der Waals surface area contributed by atoms with Gasteiger partial charge in [-0.3, -0.25) is 14.4 Å². The molecule has 1 aromatic carbocycles. The van der Waals surface area contributed by atoms with Crippen molar-refractivity contribution in [3.8, 4) is 0 Å². The van der Waals surface area contributed by atoms with E-state index in [2.05, 4.69) is 5.10 Å². The van der Waals surface area contributed by atoms with Crippen LogP contribution in [0.5, 0.6) is 0 Å². The van der Waals surface area contributed by atoms with Gasteiger partial charge in [0.2, 0.25) is 5.91 Å². The Hall–Kier alpha value is -3.98. The normalized spacial score (nSPS) is 16.5. The van der Waals surface area contributed by atoms with Gasteiger partial charge in [-0.25, -0.2) is 14.3 Å². The summed E-state index contributed by atoms with van der Waals surface area (Å²) in [6, 6.07) is 3.89. The number of benzene rings is 1. The minimum absolute atomic E-state index is 0.00861. The maximum absolute atomic E-state index is 14.6. The van der Waals surface area contributed by atoms with Crippen LogP contribution in [0.4, 0.5) is 30.7 Å². The Morgan fingerprint density at radius 2 is 1.67 bits per heavy atom. The van der Waals surface area contributed by atoms with Crippen molar-refractivity contribution in [3.05, 3.63) is 62.3 Å². The smallest absolute Gasteiger partial charge is 0.475 e. The number of amides is 2. The summed E-state index contributed by atoms with van der Waals surface area (Å²) >= 11 is 0. The molecule has 1 saturated heterocycles. The van der Waals surface area contributed by atoms with Crippen molar-refractivity contribution in [3.63, 3.8) is 0 Å². The van der Waals surface area contributed by atoms with E-state index in [1.807, 2.05) is 10.00 Å². The molecule has 2 N–H and O–H groups in total. The molecule has 4 rings (SSSR count). The van der Waals surface area contributed by atoms with E-state index in [0.717, 1.165) is 38.2 Å². The predicted molar refractivity (Wildman–Crippen MR) is 137 cm³/mol. The van der Waals surface area contributed by atoms with Gasteiger partial charge in [0.1, 0.15) is 17.9 Å². The zero-order chi connectivity index (χ0) is 32.1. The zero-order valence-corrected chi connectivity index (χ0v) is 22.9. The number of carbonyl (C=O) groups excluding carboxylic acids is 2. The van der Waals surface area contributed by atoms with Gasteiger partial charge in [-0.2, -0.15) is 31.4 Å². The monoisotopic (exact) mass is 622 g/mol. The van der Waals surface area contributed by atoms with Gasteiger partial charge in [0.25, 0.3) is 11.5 Å². The second kappa shape index (κ2) is 13.5. The minimum atomic E-state index is -5.08. The summed E-state index contributed by atoms with van der Waals surface area (Å²) in [4.78, 5) is 49.7. The highest BCUT2D eigenvalue weighted by molar-refractivity contribution is 5.97. The molecular formula is C27H29F7N4O5. The highest BCUT2D eigenvalue weighted by atomic mass is 19.4. The summed E-state index contributed by atoms with van der Waals surface area (Å²) in [5.41, 5.74) is -2.78. The average Bonchev–Trinajstić information content (AvgIpc) is 2.94. The van der Waals surface area contributed by atoms with Crippen LogP contribution in [-0.2, 0) is 28.6 Å². The molecule has 16 heteroatoms. The quantitative estimate of drug-likeness (QED) is 0.479. The fraction of sp³-hybridized carbons (Fsp3) is 0.519. The summed E-state index contributed by atoms with van der Waals surface area (Å²) in [5, 5.41) is 12.8. The van der Waals surface area contributed by atoms with Crippen molar-refractivity contribution in [2.75, 3.05) is 19.6 Å². The summed E-state index contributed by atoms with van der Waals surface area (Å²) in [7, 11) is 0. The maximum atomic E-state index is 14.6. The van der Waals surface area contributed by atoms with Crippen LogP contribution in [0.1, 0.15) is 71.8 Å². The van der Waals surface area contributed by atoms with Crippen LogP contribution in [0.2, 0.25) is 0 Å². The number of H-pyrrole nitrogens is 1. The van der Waals surface area contributed by atoms with Crippen molar-refractivity contribution < 1.29 is 50.2 Å². The third-order valence-electron chi connectivity index (χ3n) is 7.24. The lowest BCUT2D eigenvalue weighted by molar-refractivity contribution is -0.192. The number of nitrogens with zero attached hydrogens (tertiary/aromatic N) is 3. The van der Waals surface area contributed by atoms with Gasteiger partial charge in [0.05, 0.1) is 11.3 Å². The third-order valence-corrected chi connectivity index (χ3v) is 7.24. The molecule has 1 aliphatic carbocycles. The highest BCUT2D eigenvalue weighted by Crippen LogP contribution is 2.31. The summed E-state index contributed by atoms with van der Waals surface area (Å²) in [5.74, 6) is -4.35. The van der Waals surface area contributed by atoms with Crippen molar-refractivity contribution in [1.29, 1.82) is 0 Å². The Morgan fingerprint density at radius 1 is 1.05 bits per heavy atom. The number of aromatic amines is 1. The van der Waals surface area contributed by atoms with E-state index in [0.29, 0.717) is 12.1 Å². The van der Waals surface area contributed by atoms with E-state index in [1.165, 1.54) is 24.0 Å². The molecule has 1 aromatic heterocycles. The first kappa shape index (κ1) is 33.5. The molecule has 0 atom stereocenters. The lowest BCUT2D eigenvalue weighted by atomic mass is 9.93. The largest absolute Gasteiger partial charge is 0.490 e. The lowest BCUT2D eigenvalue weighted by Crippen LogP contribution is -2.55. The van der Waals surface area contributed by atoms with Crippen LogP contribution in [0.3, 0.4) is 0 Å². The van der Waals surface area contributed by atoms with E-state index < -0.39 is 41.2 Å². The Balaban J connectivity index is 0.000000646. The molecule has 2 fully saturated rings. The first-order valence-electron chi connectivity index (χ1n) is 13.4. The fourth-order valence-corrected chi connectivity index (χ4v) is 5.20. The molecule has 2 aromatic rings.